The zero-order chi connectivity index (χ0) is 12.9. The minimum Gasteiger partial charge on any atom is -0.396 e. The van der Waals surface area contributed by atoms with E-state index in [0.29, 0.717) is 6.04 Å². The Morgan fingerprint density at radius 3 is 2.65 bits per heavy atom. The van der Waals surface area contributed by atoms with E-state index in [9.17, 15) is 4.79 Å². The summed E-state index contributed by atoms with van der Waals surface area (Å²) in [5.41, 5.74) is 0.122. The zero-order valence-corrected chi connectivity index (χ0v) is 11.3. The summed E-state index contributed by atoms with van der Waals surface area (Å²) in [7, 11) is 0. The van der Waals surface area contributed by atoms with E-state index in [0.717, 1.165) is 32.2 Å². The number of nitrogens with one attached hydrogen (secondary N) is 2. The Balaban J connectivity index is 2.20. The van der Waals surface area contributed by atoms with Crippen molar-refractivity contribution in [3.05, 3.63) is 0 Å². The van der Waals surface area contributed by atoms with E-state index in [1.807, 2.05) is 6.92 Å². The predicted octanol–water partition coefficient (Wildman–Crippen LogP) is 1.04. The molecule has 0 spiro atoms. The number of hydrogen-bond donors (Lipinski definition) is 3. The molecule has 17 heavy (non-hydrogen) atoms. The molecule has 1 rings (SSSR count). The minimum absolute atomic E-state index is 0.102. The van der Waals surface area contributed by atoms with Gasteiger partial charge >= 0.3 is 0 Å². The van der Waals surface area contributed by atoms with Gasteiger partial charge in [0.15, 0.2) is 0 Å². The summed E-state index contributed by atoms with van der Waals surface area (Å²) >= 11 is 0. The third kappa shape index (κ3) is 6.03. The van der Waals surface area contributed by atoms with Crippen LogP contribution in [-0.4, -0.2) is 36.2 Å². The fourth-order valence-electron chi connectivity index (χ4n) is 1.72. The molecule has 1 atom stereocenters. The van der Waals surface area contributed by atoms with Crippen LogP contribution in [0, 0.1) is 5.41 Å². The molecule has 0 bridgehead atoms. The summed E-state index contributed by atoms with van der Waals surface area (Å²) < 4.78 is 0. The molecular weight excluding hydrogens is 216 g/mol. The number of carbonyl (C=O) groups is 1. The molecule has 3 N–H and O–H groups in total. The summed E-state index contributed by atoms with van der Waals surface area (Å²) in [6.07, 6.45) is 4.03. The normalized spacial score (nSPS) is 17.9. The highest BCUT2D eigenvalue weighted by Gasteiger charge is 2.26. The summed E-state index contributed by atoms with van der Waals surface area (Å²) in [5, 5.41) is 15.1. The summed E-state index contributed by atoms with van der Waals surface area (Å²) in [5.74, 6) is 0.102. The van der Waals surface area contributed by atoms with Crippen molar-refractivity contribution in [1.29, 1.82) is 0 Å². The van der Waals surface area contributed by atoms with Crippen molar-refractivity contribution in [1.82, 2.24) is 10.6 Å². The van der Waals surface area contributed by atoms with Gasteiger partial charge in [0.05, 0.1) is 6.04 Å². The Bertz CT molecular complexity index is 250. The molecule has 0 aromatic carbocycles. The molecule has 0 aromatic heterocycles. The van der Waals surface area contributed by atoms with Gasteiger partial charge in [-0.15, -0.1) is 0 Å². The molecule has 1 amide bonds. The highest BCUT2D eigenvalue weighted by molar-refractivity contribution is 5.81. The fourth-order valence-corrected chi connectivity index (χ4v) is 1.72. The van der Waals surface area contributed by atoms with E-state index in [4.69, 9.17) is 5.11 Å². The van der Waals surface area contributed by atoms with Crippen LogP contribution in [0.3, 0.4) is 0 Å². The Kier molecular flexibility index (Phi) is 5.40. The molecule has 4 nitrogen and oxygen atoms in total. The maximum Gasteiger partial charge on any atom is 0.237 e. The van der Waals surface area contributed by atoms with Crippen molar-refractivity contribution in [3.8, 4) is 0 Å². The van der Waals surface area contributed by atoms with Crippen LogP contribution < -0.4 is 10.6 Å². The zero-order valence-electron chi connectivity index (χ0n) is 11.3. The molecule has 0 radical (unpaired) electrons. The number of aliphatic hydroxyl groups excluding tert-OH is 1. The van der Waals surface area contributed by atoms with Gasteiger partial charge in [-0.05, 0) is 38.0 Å². The highest BCUT2D eigenvalue weighted by atomic mass is 16.2. The first-order valence-electron chi connectivity index (χ1n) is 6.59. The number of carbonyl (C=O) groups excluding carboxylic acids is 1. The van der Waals surface area contributed by atoms with Gasteiger partial charge in [-0.2, -0.15) is 0 Å². The SMILES string of the molecule is CC(NCC(C)(C)CCCO)C(=O)NC1CC1. The maximum atomic E-state index is 11.7. The van der Waals surface area contributed by atoms with E-state index in [-0.39, 0.29) is 24.0 Å². The Morgan fingerprint density at radius 1 is 1.47 bits per heavy atom. The molecule has 100 valence electrons. The van der Waals surface area contributed by atoms with Crippen LogP contribution in [-0.2, 0) is 4.79 Å². The fraction of sp³-hybridized carbons (Fsp3) is 0.923. The molecule has 0 aliphatic heterocycles. The van der Waals surface area contributed by atoms with Crippen molar-refractivity contribution in [2.75, 3.05) is 13.2 Å². The van der Waals surface area contributed by atoms with Crippen molar-refractivity contribution in [3.63, 3.8) is 0 Å². The van der Waals surface area contributed by atoms with Crippen LogP contribution in [0.1, 0.15) is 46.5 Å². The second-order valence-corrected chi connectivity index (χ2v) is 5.88. The summed E-state index contributed by atoms with van der Waals surface area (Å²) in [6, 6.07) is 0.290. The van der Waals surface area contributed by atoms with Gasteiger partial charge in [-0.3, -0.25) is 4.79 Å². The molecule has 1 aliphatic rings. The lowest BCUT2D eigenvalue weighted by Crippen LogP contribution is -2.46. The monoisotopic (exact) mass is 242 g/mol. The van der Waals surface area contributed by atoms with Crippen LogP contribution in [0.15, 0.2) is 0 Å². The van der Waals surface area contributed by atoms with E-state index < -0.39 is 0 Å². The van der Waals surface area contributed by atoms with Gasteiger partial charge in [-0.25, -0.2) is 0 Å². The lowest BCUT2D eigenvalue weighted by molar-refractivity contribution is -0.123. The smallest absolute Gasteiger partial charge is 0.237 e. The van der Waals surface area contributed by atoms with Crippen LogP contribution >= 0.6 is 0 Å². The number of aliphatic hydroxyl groups is 1. The lowest BCUT2D eigenvalue weighted by Gasteiger charge is -2.26. The van der Waals surface area contributed by atoms with E-state index in [1.165, 1.54) is 0 Å². The summed E-state index contributed by atoms with van der Waals surface area (Å²) in [4.78, 5) is 11.7. The van der Waals surface area contributed by atoms with Crippen molar-refractivity contribution >= 4 is 5.91 Å². The van der Waals surface area contributed by atoms with Crippen molar-refractivity contribution < 1.29 is 9.90 Å². The molecule has 0 saturated heterocycles. The van der Waals surface area contributed by atoms with Crippen LogP contribution in [0.25, 0.3) is 0 Å². The highest BCUT2D eigenvalue weighted by Crippen LogP contribution is 2.21. The molecular formula is C13H26N2O2. The molecule has 1 saturated carbocycles. The van der Waals surface area contributed by atoms with E-state index >= 15 is 0 Å². The first-order chi connectivity index (χ1) is 7.94. The quantitative estimate of drug-likeness (QED) is 0.596. The Labute approximate surface area is 104 Å². The third-order valence-electron chi connectivity index (χ3n) is 3.22. The Morgan fingerprint density at radius 2 is 2.12 bits per heavy atom. The van der Waals surface area contributed by atoms with Gasteiger partial charge in [0.1, 0.15) is 0 Å². The van der Waals surface area contributed by atoms with Crippen LogP contribution in [0.2, 0.25) is 0 Å². The average Bonchev–Trinajstić information content (AvgIpc) is 3.07. The van der Waals surface area contributed by atoms with Crippen LogP contribution in [0.4, 0.5) is 0 Å². The van der Waals surface area contributed by atoms with E-state index in [2.05, 4.69) is 24.5 Å². The number of hydrogen-bond acceptors (Lipinski definition) is 3. The number of rotatable bonds is 8. The predicted molar refractivity (Wildman–Crippen MR) is 68.7 cm³/mol. The van der Waals surface area contributed by atoms with Crippen molar-refractivity contribution in [2.24, 2.45) is 5.41 Å². The van der Waals surface area contributed by atoms with Gasteiger partial charge in [-0.1, -0.05) is 13.8 Å². The molecule has 0 heterocycles. The van der Waals surface area contributed by atoms with Gasteiger partial charge in [0, 0.05) is 19.2 Å². The average molecular weight is 242 g/mol. The standard InChI is InChI=1S/C13H26N2O2/c1-10(12(17)15-11-5-6-11)14-9-13(2,3)7-4-8-16/h10-11,14,16H,4-9H2,1-3H3,(H,15,17). The largest absolute Gasteiger partial charge is 0.396 e. The van der Waals surface area contributed by atoms with Gasteiger partial charge in [0.2, 0.25) is 5.91 Å². The van der Waals surface area contributed by atoms with Crippen LogP contribution in [0.5, 0.6) is 0 Å². The Hall–Kier alpha value is -0.610. The van der Waals surface area contributed by atoms with Gasteiger partial charge in [0.25, 0.3) is 0 Å². The minimum atomic E-state index is -0.135. The summed E-state index contributed by atoms with van der Waals surface area (Å²) in [6.45, 7) is 7.25. The second-order valence-electron chi connectivity index (χ2n) is 5.88. The third-order valence-corrected chi connectivity index (χ3v) is 3.22. The molecule has 0 aromatic rings. The molecule has 1 fully saturated rings. The maximum absolute atomic E-state index is 11.7. The molecule has 1 aliphatic carbocycles. The first kappa shape index (κ1) is 14.5. The van der Waals surface area contributed by atoms with Crippen molar-refractivity contribution in [2.45, 2.75) is 58.5 Å². The topological polar surface area (TPSA) is 61.4 Å². The molecule has 4 heteroatoms. The first-order valence-corrected chi connectivity index (χ1v) is 6.59. The van der Waals surface area contributed by atoms with Gasteiger partial charge < -0.3 is 15.7 Å². The molecule has 1 unspecified atom stereocenters. The van der Waals surface area contributed by atoms with E-state index in [1.54, 1.807) is 0 Å². The second kappa shape index (κ2) is 6.36. The lowest BCUT2D eigenvalue weighted by atomic mass is 9.87. The number of amides is 1.